The second kappa shape index (κ2) is 7.58. The number of hydrogen-bond acceptors (Lipinski definition) is 0. The lowest BCUT2D eigenvalue weighted by Crippen LogP contribution is -2.27. The first-order valence-corrected chi connectivity index (χ1v) is 10.1. The highest BCUT2D eigenvalue weighted by Crippen LogP contribution is 2.24. The molecule has 1 heteroatoms. The minimum Gasteiger partial charge on any atom is -0.0622 e. The van der Waals surface area contributed by atoms with E-state index in [1.807, 2.05) is 0 Å². The van der Waals surface area contributed by atoms with Gasteiger partial charge in [0.1, 0.15) is 0 Å². The van der Waals surface area contributed by atoms with Crippen molar-refractivity contribution < 1.29 is 0 Å². The first-order chi connectivity index (χ1) is 12.4. The molecular formula is C24H22Si. The molecular weight excluding hydrogens is 316 g/mol. The molecule has 0 amide bonds. The maximum atomic E-state index is 2.25. The highest BCUT2D eigenvalue weighted by molar-refractivity contribution is 6.71. The Morgan fingerprint density at radius 3 is 1.44 bits per heavy atom. The first-order valence-electron chi connectivity index (χ1n) is 8.93. The largest absolute Gasteiger partial charge is 0.0622 e. The SMILES string of the molecule is c1ccc(CC2=[SiH]C(Cc3ccccc3)=C2Cc2ccccc2)cc1. The Morgan fingerprint density at radius 1 is 0.480 bits per heavy atom. The summed E-state index contributed by atoms with van der Waals surface area (Å²) in [6, 6.07) is 32.7. The number of rotatable bonds is 6. The highest BCUT2D eigenvalue weighted by Gasteiger charge is 2.20. The van der Waals surface area contributed by atoms with E-state index in [4.69, 9.17) is 0 Å². The van der Waals surface area contributed by atoms with Crippen molar-refractivity contribution in [1.29, 1.82) is 0 Å². The van der Waals surface area contributed by atoms with Crippen LogP contribution in [0.4, 0.5) is 0 Å². The van der Waals surface area contributed by atoms with E-state index >= 15 is 0 Å². The smallest absolute Gasteiger partial charge is 0.0296 e. The maximum absolute atomic E-state index is 2.25. The molecule has 1 heterocycles. The van der Waals surface area contributed by atoms with Gasteiger partial charge in [-0.15, -0.1) is 0 Å². The van der Waals surface area contributed by atoms with Gasteiger partial charge in [-0.2, -0.15) is 0 Å². The average Bonchev–Trinajstić information content (AvgIpc) is 2.68. The van der Waals surface area contributed by atoms with Gasteiger partial charge in [-0.05, 0) is 41.5 Å². The highest BCUT2D eigenvalue weighted by atomic mass is 28.2. The van der Waals surface area contributed by atoms with Crippen molar-refractivity contribution in [3.8, 4) is 0 Å². The van der Waals surface area contributed by atoms with Gasteiger partial charge >= 0.3 is 0 Å². The Bertz CT molecular complexity index is 891. The molecule has 0 bridgehead atoms. The van der Waals surface area contributed by atoms with Gasteiger partial charge < -0.3 is 0 Å². The van der Waals surface area contributed by atoms with E-state index < -0.39 is 0 Å². The van der Waals surface area contributed by atoms with Crippen LogP contribution in [0.25, 0.3) is 0 Å². The van der Waals surface area contributed by atoms with Crippen LogP contribution in [-0.4, -0.2) is 14.3 Å². The summed E-state index contributed by atoms with van der Waals surface area (Å²) in [5, 5.41) is 3.39. The lowest BCUT2D eigenvalue weighted by atomic mass is 9.95. The molecule has 122 valence electrons. The van der Waals surface area contributed by atoms with Crippen molar-refractivity contribution in [3.63, 3.8) is 0 Å². The predicted octanol–water partition coefficient (Wildman–Crippen LogP) is 4.59. The van der Waals surface area contributed by atoms with Crippen LogP contribution < -0.4 is 0 Å². The zero-order valence-electron chi connectivity index (χ0n) is 14.4. The summed E-state index contributed by atoms with van der Waals surface area (Å²) in [7, 11) is 0.330. The lowest BCUT2D eigenvalue weighted by molar-refractivity contribution is 1.12. The van der Waals surface area contributed by atoms with Gasteiger partial charge in [-0.3, -0.25) is 0 Å². The van der Waals surface area contributed by atoms with Crippen molar-refractivity contribution in [1.82, 2.24) is 0 Å². The minimum atomic E-state index is 0.330. The molecule has 0 unspecified atom stereocenters. The van der Waals surface area contributed by atoms with Crippen LogP contribution in [0, 0.1) is 0 Å². The molecule has 3 aromatic rings. The Morgan fingerprint density at radius 2 is 0.920 bits per heavy atom. The van der Waals surface area contributed by atoms with Gasteiger partial charge in [0.2, 0.25) is 0 Å². The van der Waals surface area contributed by atoms with E-state index in [0.29, 0.717) is 9.13 Å². The summed E-state index contributed by atoms with van der Waals surface area (Å²) < 4.78 is 0. The topological polar surface area (TPSA) is 0 Å². The summed E-state index contributed by atoms with van der Waals surface area (Å²) in [5.41, 5.74) is 5.92. The van der Waals surface area contributed by atoms with Crippen LogP contribution in [-0.2, 0) is 19.3 Å². The van der Waals surface area contributed by atoms with Crippen LogP contribution in [0.5, 0.6) is 0 Å². The van der Waals surface area contributed by atoms with Gasteiger partial charge in [0.15, 0.2) is 0 Å². The Labute approximate surface area is 152 Å². The third-order valence-electron chi connectivity index (χ3n) is 4.82. The van der Waals surface area contributed by atoms with Crippen molar-refractivity contribution in [2.24, 2.45) is 0 Å². The average molecular weight is 339 g/mol. The lowest BCUT2D eigenvalue weighted by Gasteiger charge is -2.26. The summed E-state index contributed by atoms with van der Waals surface area (Å²) in [4.78, 5) is 0. The monoisotopic (exact) mass is 338 g/mol. The van der Waals surface area contributed by atoms with Crippen molar-refractivity contribution in [2.45, 2.75) is 19.3 Å². The molecule has 1 aliphatic rings. The van der Waals surface area contributed by atoms with Crippen LogP contribution in [0.1, 0.15) is 16.7 Å². The summed E-state index contributed by atoms with van der Waals surface area (Å²) >= 11 is 0. The summed E-state index contributed by atoms with van der Waals surface area (Å²) in [6.07, 6.45) is 3.32. The third-order valence-corrected chi connectivity index (χ3v) is 6.62. The minimum absolute atomic E-state index is 0.330. The molecule has 0 N–H and O–H groups in total. The second-order valence-electron chi connectivity index (χ2n) is 6.66. The fraction of sp³-hybridized carbons (Fsp3) is 0.125. The maximum Gasteiger partial charge on any atom is 0.0296 e. The van der Waals surface area contributed by atoms with Crippen LogP contribution in [0.2, 0.25) is 0 Å². The fourth-order valence-electron chi connectivity index (χ4n) is 3.49. The van der Waals surface area contributed by atoms with Gasteiger partial charge in [0.25, 0.3) is 0 Å². The molecule has 3 aromatic carbocycles. The van der Waals surface area contributed by atoms with Crippen LogP contribution in [0.3, 0.4) is 0 Å². The third kappa shape index (κ3) is 3.94. The molecule has 25 heavy (non-hydrogen) atoms. The van der Waals surface area contributed by atoms with Crippen LogP contribution >= 0.6 is 0 Å². The zero-order valence-corrected chi connectivity index (χ0v) is 15.5. The molecule has 0 aliphatic carbocycles. The van der Waals surface area contributed by atoms with E-state index in [2.05, 4.69) is 91.0 Å². The summed E-state index contributed by atoms with van der Waals surface area (Å²) in [6.45, 7) is 0. The quantitative estimate of drug-likeness (QED) is 0.577. The Hall–Kier alpha value is -2.51. The van der Waals surface area contributed by atoms with Crippen molar-refractivity contribution in [2.75, 3.05) is 0 Å². The normalized spacial score (nSPS) is 13.4. The first kappa shape index (κ1) is 16.0. The van der Waals surface area contributed by atoms with E-state index in [0.717, 1.165) is 19.3 Å². The van der Waals surface area contributed by atoms with Gasteiger partial charge in [0, 0.05) is 9.13 Å². The molecule has 0 saturated carbocycles. The molecule has 0 spiro atoms. The number of hydrogen-bond donors (Lipinski definition) is 0. The number of allylic oxidation sites excluding steroid dienone is 2. The Kier molecular flexibility index (Phi) is 4.85. The van der Waals surface area contributed by atoms with Gasteiger partial charge in [-0.1, -0.05) is 101 Å². The van der Waals surface area contributed by atoms with Crippen molar-refractivity contribution >= 4 is 14.3 Å². The molecule has 4 rings (SSSR count). The molecule has 0 nitrogen and oxygen atoms in total. The van der Waals surface area contributed by atoms with E-state index in [-0.39, 0.29) is 0 Å². The zero-order chi connectivity index (χ0) is 16.9. The predicted molar refractivity (Wildman–Crippen MR) is 110 cm³/mol. The van der Waals surface area contributed by atoms with E-state index in [1.165, 1.54) is 16.7 Å². The molecule has 0 radical (unpaired) electrons. The Balaban J connectivity index is 1.56. The van der Waals surface area contributed by atoms with Gasteiger partial charge in [-0.25, -0.2) is 0 Å². The molecule has 0 atom stereocenters. The molecule has 0 fully saturated rings. The molecule has 0 aromatic heterocycles. The van der Waals surface area contributed by atoms with E-state index in [1.54, 1.807) is 15.9 Å². The standard InChI is InChI=1S/C24H22Si/c1-4-10-19(11-5-1)16-22-23(17-20-12-6-2-7-13-20)25-24(22)18-21-14-8-3-9-15-21/h1-15,25H,16-18H2. The van der Waals surface area contributed by atoms with Crippen molar-refractivity contribution in [3.05, 3.63) is 118 Å². The molecule has 0 saturated heterocycles. The molecule has 1 aliphatic heterocycles. The van der Waals surface area contributed by atoms with Crippen LogP contribution in [0.15, 0.2) is 102 Å². The summed E-state index contributed by atoms with van der Waals surface area (Å²) in [5.74, 6) is 0. The number of benzene rings is 3. The van der Waals surface area contributed by atoms with E-state index in [9.17, 15) is 0 Å². The van der Waals surface area contributed by atoms with Gasteiger partial charge in [0.05, 0.1) is 0 Å². The fourth-order valence-corrected chi connectivity index (χ4v) is 5.27. The second-order valence-corrected chi connectivity index (χ2v) is 8.34.